The van der Waals surface area contributed by atoms with Gasteiger partial charge in [0.2, 0.25) is 0 Å². The molecule has 4 nitrogen and oxygen atoms in total. The van der Waals surface area contributed by atoms with E-state index in [1.54, 1.807) is 6.92 Å². The summed E-state index contributed by atoms with van der Waals surface area (Å²) in [5, 5.41) is 0. The quantitative estimate of drug-likeness (QED) is 0.771. The van der Waals surface area contributed by atoms with Crippen LogP contribution < -0.4 is 0 Å². The lowest BCUT2D eigenvalue weighted by Crippen LogP contribution is -2.24. The van der Waals surface area contributed by atoms with Crippen molar-refractivity contribution in [1.29, 1.82) is 0 Å². The molecule has 1 aliphatic rings. The van der Waals surface area contributed by atoms with Crippen molar-refractivity contribution in [2.24, 2.45) is 5.92 Å². The molecular weight excluding hydrogens is 312 g/mol. The number of rotatable bonds is 4. The van der Waals surface area contributed by atoms with Crippen molar-refractivity contribution in [2.75, 3.05) is 13.2 Å². The fourth-order valence-electron chi connectivity index (χ4n) is 3.40. The largest absolute Gasteiger partial charge is 0.381 e. The Morgan fingerprint density at radius 2 is 2.00 bits per heavy atom. The van der Waals surface area contributed by atoms with Crippen molar-refractivity contribution < 1.29 is 9.53 Å². The van der Waals surface area contributed by atoms with Crippen LogP contribution in [-0.2, 0) is 16.7 Å². The molecule has 2 aromatic rings. The molecular formula is C21H28N2O2. The van der Waals surface area contributed by atoms with Crippen molar-refractivity contribution in [2.45, 2.75) is 52.5 Å². The first kappa shape index (κ1) is 17.9. The van der Waals surface area contributed by atoms with E-state index in [4.69, 9.17) is 9.72 Å². The van der Waals surface area contributed by atoms with Gasteiger partial charge in [-0.05, 0) is 31.7 Å². The number of carbonyl (C=O) groups excluding carboxylic acids is 1. The molecule has 0 spiro atoms. The van der Waals surface area contributed by atoms with E-state index in [9.17, 15) is 4.79 Å². The van der Waals surface area contributed by atoms with E-state index < -0.39 is 0 Å². The van der Waals surface area contributed by atoms with Crippen LogP contribution in [0.3, 0.4) is 0 Å². The van der Waals surface area contributed by atoms with Crippen molar-refractivity contribution in [1.82, 2.24) is 9.55 Å². The number of nitrogens with zero attached hydrogens (tertiary/aromatic N) is 2. The van der Waals surface area contributed by atoms with E-state index >= 15 is 0 Å². The highest BCUT2D eigenvalue weighted by atomic mass is 16.5. The van der Waals surface area contributed by atoms with Gasteiger partial charge < -0.3 is 9.30 Å². The summed E-state index contributed by atoms with van der Waals surface area (Å²) in [7, 11) is 0. The molecule has 0 radical (unpaired) electrons. The van der Waals surface area contributed by atoms with Gasteiger partial charge >= 0.3 is 0 Å². The van der Waals surface area contributed by atoms with Gasteiger partial charge in [-0.1, -0.05) is 39.0 Å². The normalized spacial score (nSPS) is 16.2. The predicted molar refractivity (Wildman–Crippen MR) is 99.9 cm³/mol. The summed E-state index contributed by atoms with van der Waals surface area (Å²) in [6.07, 6.45) is 4.36. The molecule has 4 heteroatoms. The van der Waals surface area contributed by atoms with Crippen LogP contribution in [0.4, 0.5) is 0 Å². The van der Waals surface area contributed by atoms with Crippen molar-refractivity contribution in [3.05, 3.63) is 41.9 Å². The molecule has 0 N–H and O–H groups in total. The zero-order valence-corrected chi connectivity index (χ0v) is 15.7. The van der Waals surface area contributed by atoms with E-state index in [2.05, 4.69) is 31.5 Å². The molecule has 0 atom stereocenters. The first-order valence-corrected chi connectivity index (χ1v) is 9.11. The Kier molecular flexibility index (Phi) is 5.09. The fraction of sp³-hybridized carbons (Fsp3) is 0.524. The predicted octanol–water partition coefficient (Wildman–Crippen LogP) is 4.48. The Balaban J connectivity index is 1.95. The molecule has 3 rings (SSSR count). The molecule has 0 saturated carbocycles. The molecule has 2 heterocycles. The Bertz CT molecular complexity index is 749. The average Bonchev–Trinajstić information content (AvgIpc) is 3.00. The topological polar surface area (TPSA) is 44.1 Å². The molecule has 0 bridgehead atoms. The monoisotopic (exact) mass is 340 g/mol. The number of carbonyl (C=O) groups is 1. The number of aromatic nitrogens is 2. The molecule has 134 valence electrons. The highest BCUT2D eigenvalue weighted by Crippen LogP contribution is 2.29. The summed E-state index contributed by atoms with van der Waals surface area (Å²) in [5.41, 5.74) is 2.65. The summed E-state index contributed by atoms with van der Waals surface area (Å²) in [4.78, 5) is 16.6. The van der Waals surface area contributed by atoms with Crippen LogP contribution in [0, 0.1) is 5.92 Å². The molecule has 1 fully saturated rings. The second-order valence-corrected chi connectivity index (χ2v) is 8.04. The van der Waals surface area contributed by atoms with Gasteiger partial charge in [0.25, 0.3) is 0 Å². The Morgan fingerprint density at radius 3 is 2.64 bits per heavy atom. The van der Waals surface area contributed by atoms with E-state index in [1.807, 2.05) is 24.3 Å². The highest BCUT2D eigenvalue weighted by Gasteiger charge is 2.24. The first-order valence-electron chi connectivity index (χ1n) is 9.11. The second-order valence-electron chi connectivity index (χ2n) is 8.04. The van der Waals surface area contributed by atoms with E-state index in [0.29, 0.717) is 5.92 Å². The van der Waals surface area contributed by atoms with Gasteiger partial charge in [0.1, 0.15) is 5.82 Å². The third kappa shape index (κ3) is 4.18. The van der Waals surface area contributed by atoms with Gasteiger partial charge in [-0.2, -0.15) is 0 Å². The number of imidazole rings is 1. The number of ketones is 1. The minimum absolute atomic E-state index is 0.0262. The molecule has 1 saturated heterocycles. The van der Waals surface area contributed by atoms with Gasteiger partial charge in [0.15, 0.2) is 5.78 Å². The standard InChI is InChI=1S/C21H28N2O2/c1-15(24)17-6-5-7-18(12-17)19-14-23(20(22-19)21(2,3)4)13-16-8-10-25-11-9-16/h5-7,12,14,16H,8-11,13H2,1-4H3. The third-order valence-electron chi connectivity index (χ3n) is 4.81. The van der Waals surface area contributed by atoms with Crippen molar-refractivity contribution in [3.8, 4) is 11.3 Å². The van der Waals surface area contributed by atoms with Gasteiger partial charge in [-0.25, -0.2) is 4.98 Å². The average molecular weight is 340 g/mol. The van der Waals surface area contributed by atoms with Crippen LogP contribution in [-0.4, -0.2) is 28.5 Å². The van der Waals surface area contributed by atoms with Gasteiger partial charge in [0, 0.05) is 42.5 Å². The number of hydrogen-bond donors (Lipinski definition) is 0. The number of ether oxygens (including phenoxy) is 1. The van der Waals surface area contributed by atoms with Crippen LogP contribution in [0.2, 0.25) is 0 Å². The molecule has 25 heavy (non-hydrogen) atoms. The molecule has 1 aromatic heterocycles. The maximum absolute atomic E-state index is 11.7. The Morgan fingerprint density at radius 1 is 1.28 bits per heavy atom. The fourth-order valence-corrected chi connectivity index (χ4v) is 3.40. The Hall–Kier alpha value is -1.94. The first-order chi connectivity index (χ1) is 11.8. The van der Waals surface area contributed by atoms with Gasteiger partial charge in [0.05, 0.1) is 5.69 Å². The minimum Gasteiger partial charge on any atom is -0.381 e. The minimum atomic E-state index is -0.0262. The summed E-state index contributed by atoms with van der Waals surface area (Å²) in [6.45, 7) is 10.9. The molecule has 0 unspecified atom stereocenters. The maximum atomic E-state index is 11.7. The zero-order valence-electron chi connectivity index (χ0n) is 15.7. The van der Waals surface area contributed by atoms with Crippen LogP contribution in [0.1, 0.15) is 56.7 Å². The maximum Gasteiger partial charge on any atom is 0.159 e. The molecule has 1 aliphatic heterocycles. The smallest absolute Gasteiger partial charge is 0.159 e. The van der Waals surface area contributed by atoms with Crippen molar-refractivity contribution >= 4 is 5.78 Å². The third-order valence-corrected chi connectivity index (χ3v) is 4.81. The summed E-state index contributed by atoms with van der Waals surface area (Å²) < 4.78 is 7.80. The number of benzene rings is 1. The molecule has 0 amide bonds. The SMILES string of the molecule is CC(=O)c1cccc(-c2cn(CC3CCOCC3)c(C(C)(C)C)n2)c1. The highest BCUT2D eigenvalue weighted by molar-refractivity contribution is 5.95. The lowest BCUT2D eigenvalue weighted by Gasteiger charge is -2.25. The summed E-state index contributed by atoms with van der Waals surface area (Å²) >= 11 is 0. The van der Waals surface area contributed by atoms with Crippen LogP contribution >= 0.6 is 0 Å². The van der Waals surface area contributed by atoms with E-state index in [0.717, 1.165) is 55.2 Å². The molecule has 1 aromatic carbocycles. The lowest BCUT2D eigenvalue weighted by molar-refractivity contribution is 0.0607. The van der Waals surface area contributed by atoms with E-state index in [1.165, 1.54) is 0 Å². The second kappa shape index (κ2) is 7.12. The van der Waals surface area contributed by atoms with Crippen LogP contribution in [0.5, 0.6) is 0 Å². The van der Waals surface area contributed by atoms with E-state index in [-0.39, 0.29) is 11.2 Å². The number of hydrogen-bond acceptors (Lipinski definition) is 3. The van der Waals surface area contributed by atoms with Crippen LogP contribution in [0.15, 0.2) is 30.5 Å². The lowest BCUT2D eigenvalue weighted by atomic mass is 9.94. The van der Waals surface area contributed by atoms with Crippen LogP contribution in [0.25, 0.3) is 11.3 Å². The molecule has 0 aliphatic carbocycles. The number of Topliss-reactive ketones (excluding diaryl/α,β-unsaturated/α-hetero) is 1. The van der Waals surface area contributed by atoms with Crippen molar-refractivity contribution in [3.63, 3.8) is 0 Å². The van der Waals surface area contributed by atoms with Gasteiger partial charge in [-0.15, -0.1) is 0 Å². The summed E-state index contributed by atoms with van der Waals surface area (Å²) in [5.74, 6) is 1.82. The zero-order chi connectivity index (χ0) is 18.0. The van der Waals surface area contributed by atoms with Gasteiger partial charge in [-0.3, -0.25) is 4.79 Å². The Labute approximate surface area is 150 Å². The summed E-state index contributed by atoms with van der Waals surface area (Å²) in [6, 6.07) is 7.76.